The molecule has 0 aliphatic carbocycles. The summed E-state index contributed by atoms with van der Waals surface area (Å²) in [6.07, 6.45) is 1.31. The number of nitrogens with one attached hydrogen (secondary N) is 2. The van der Waals surface area contributed by atoms with Crippen LogP contribution in [0.3, 0.4) is 0 Å². The number of nitrogens with zero attached hydrogens (tertiary/aromatic N) is 1. The Bertz CT molecular complexity index is 1150. The Hall–Kier alpha value is -4.53. The minimum Gasteiger partial charge on any atom is -0.496 e. The number of carbonyl (C=O) groups excluding carboxylic acids is 3. The van der Waals surface area contributed by atoms with E-state index in [0.29, 0.717) is 22.6 Å². The Kier molecular flexibility index (Phi) is 7.26. The van der Waals surface area contributed by atoms with Crippen molar-refractivity contribution < 1.29 is 28.2 Å². The second-order valence-corrected chi connectivity index (χ2v) is 6.32. The lowest BCUT2D eigenvalue weighted by Gasteiger charge is -2.08. The van der Waals surface area contributed by atoms with Crippen LogP contribution in [0.4, 0.5) is 10.1 Å². The number of hydrogen-bond acceptors (Lipinski definition) is 6. The van der Waals surface area contributed by atoms with Gasteiger partial charge in [-0.15, -0.1) is 0 Å². The first-order valence-electron chi connectivity index (χ1n) is 9.31. The van der Waals surface area contributed by atoms with Crippen molar-refractivity contribution in [1.82, 2.24) is 5.43 Å². The summed E-state index contributed by atoms with van der Waals surface area (Å²) < 4.78 is 23.3. The molecule has 0 saturated carbocycles. The molecular weight excluding hydrogens is 417 g/mol. The Morgan fingerprint density at radius 2 is 1.59 bits per heavy atom. The molecule has 32 heavy (non-hydrogen) atoms. The number of amides is 2. The fourth-order valence-corrected chi connectivity index (χ4v) is 2.53. The van der Waals surface area contributed by atoms with Crippen LogP contribution in [0.15, 0.2) is 77.9 Å². The number of anilines is 1. The minimum absolute atomic E-state index is 0.272. The van der Waals surface area contributed by atoms with E-state index in [0.717, 1.165) is 12.1 Å². The average molecular weight is 435 g/mol. The molecule has 162 valence electrons. The van der Waals surface area contributed by atoms with E-state index in [1.54, 1.807) is 48.5 Å². The van der Waals surface area contributed by atoms with Gasteiger partial charge in [0.15, 0.2) is 0 Å². The molecule has 0 unspecified atom stereocenters. The predicted octanol–water partition coefficient (Wildman–Crippen LogP) is 3.14. The summed E-state index contributed by atoms with van der Waals surface area (Å²) in [6.45, 7) is 0. The third-order valence-electron chi connectivity index (χ3n) is 4.11. The van der Waals surface area contributed by atoms with Crippen LogP contribution in [0.1, 0.15) is 15.9 Å². The van der Waals surface area contributed by atoms with Crippen LogP contribution in [0.5, 0.6) is 11.5 Å². The van der Waals surface area contributed by atoms with Gasteiger partial charge in [-0.05, 0) is 66.2 Å². The van der Waals surface area contributed by atoms with E-state index in [9.17, 15) is 18.8 Å². The number of ether oxygens (including phenoxy) is 2. The zero-order chi connectivity index (χ0) is 22.9. The van der Waals surface area contributed by atoms with E-state index in [4.69, 9.17) is 9.47 Å². The van der Waals surface area contributed by atoms with Crippen molar-refractivity contribution in [2.75, 3.05) is 12.4 Å². The smallest absolute Gasteiger partial charge is 0.347 e. The van der Waals surface area contributed by atoms with Gasteiger partial charge in [-0.3, -0.25) is 9.59 Å². The van der Waals surface area contributed by atoms with Gasteiger partial charge in [0, 0.05) is 5.69 Å². The largest absolute Gasteiger partial charge is 0.496 e. The standard InChI is InChI=1S/C23H18FN3O5/c1-31-20-5-3-2-4-19(20)23(30)32-18-12-6-15(7-13-18)14-25-27-22(29)21(28)26-17-10-8-16(24)9-11-17/h2-14H,1H3,(H,26,28)(H,27,29). The van der Waals surface area contributed by atoms with E-state index in [-0.39, 0.29) is 5.69 Å². The van der Waals surface area contributed by atoms with Crippen molar-refractivity contribution in [3.8, 4) is 11.5 Å². The fourth-order valence-electron chi connectivity index (χ4n) is 2.53. The highest BCUT2D eigenvalue weighted by Gasteiger charge is 2.14. The van der Waals surface area contributed by atoms with Crippen LogP contribution >= 0.6 is 0 Å². The first kappa shape index (κ1) is 22.2. The maximum Gasteiger partial charge on any atom is 0.347 e. The molecule has 0 aromatic heterocycles. The summed E-state index contributed by atoms with van der Waals surface area (Å²) in [5.74, 6) is -2.26. The summed E-state index contributed by atoms with van der Waals surface area (Å²) >= 11 is 0. The first-order chi connectivity index (χ1) is 15.5. The van der Waals surface area contributed by atoms with Crippen LogP contribution in [0.25, 0.3) is 0 Å². The van der Waals surface area contributed by atoms with Crippen LogP contribution in [-0.4, -0.2) is 31.1 Å². The van der Waals surface area contributed by atoms with E-state index in [2.05, 4.69) is 15.8 Å². The van der Waals surface area contributed by atoms with Gasteiger partial charge in [0.1, 0.15) is 22.9 Å². The number of rotatable bonds is 6. The molecule has 2 N–H and O–H groups in total. The number of benzene rings is 3. The molecule has 2 amide bonds. The maximum absolute atomic E-state index is 12.9. The summed E-state index contributed by atoms with van der Waals surface area (Å²) in [4.78, 5) is 35.9. The lowest BCUT2D eigenvalue weighted by Crippen LogP contribution is -2.32. The molecule has 0 aliphatic rings. The highest BCUT2D eigenvalue weighted by Crippen LogP contribution is 2.20. The van der Waals surface area contributed by atoms with Gasteiger partial charge >= 0.3 is 17.8 Å². The SMILES string of the molecule is COc1ccccc1C(=O)Oc1ccc(C=NNC(=O)C(=O)Nc2ccc(F)cc2)cc1. The van der Waals surface area contributed by atoms with Gasteiger partial charge in [0.25, 0.3) is 0 Å². The van der Waals surface area contributed by atoms with E-state index in [1.807, 2.05) is 0 Å². The highest BCUT2D eigenvalue weighted by molar-refractivity contribution is 6.39. The lowest BCUT2D eigenvalue weighted by atomic mass is 10.2. The summed E-state index contributed by atoms with van der Waals surface area (Å²) in [5, 5.41) is 6.03. The maximum atomic E-state index is 12.9. The Labute approximate surface area is 182 Å². The van der Waals surface area contributed by atoms with Crippen LogP contribution in [-0.2, 0) is 9.59 Å². The molecule has 0 aliphatic heterocycles. The second-order valence-electron chi connectivity index (χ2n) is 6.32. The van der Waals surface area contributed by atoms with Gasteiger partial charge in [-0.1, -0.05) is 12.1 Å². The third kappa shape index (κ3) is 5.99. The Morgan fingerprint density at radius 3 is 2.28 bits per heavy atom. The molecule has 0 bridgehead atoms. The molecule has 0 spiro atoms. The van der Waals surface area contributed by atoms with E-state index < -0.39 is 23.6 Å². The highest BCUT2D eigenvalue weighted by atomic mass is 19.1. The van der Waals surface area contributed by atoms with Crippen LogP contribution in [0.2, 0.25) is 0 Å². The number of carbonyl (C=O) groups is 3. The average Bonchev–Trinajstić information content (AvgIpc) is 2.81. The number of hydrazone groups is 1. The molecule has 9 heteroatoms. The molecule has 3 aromatic rings. The van der Waals surface area contributed by atoms with Crippen molar-refractivity contribution in [2.45, 2.75) is 0 Å². The van der Waals surface area contributed by atoms with E-state index >= 15 is 0 Å². The van der Waals surface area contributed by atoms with Crippen LogP contribution < -0.4 is 20.2 Å². The molecule has 8 nitrogen and oxygen atoms in total. The number of halogens is 1. The van der Waals surface area contributed by atoms with E-state index in [1.165, 1.54) is 25.5 Å². The predicted molar refractivity (Wildman–Crippen MR) is 115 cm³/mol. The van der Waals surface area contributed by atoms with Crippen molar-refractivity contribution in [3.05, 3.63) is 89.7 Å². The number of methoxy groups -OCH3 is 1. The summed E-state index contributed by atoms with van der Waals surface area (Å²) in [5.41, 5.74) is 3.24. The molecule has 3 aromatic carbocycles. The molecule has 0 radical (unpaired) electrons. The first-order valence-corrected chi connectivity index (χ1v) is 9.31. The zero-order valence-electron chi connectivity index (χ0n) is 16.9. The van der Waals surface area contributed by atoms with Gasteiger partial charge < -0.3 is 14.8 Å². The van der Waals surface area contributed by atoms with Gasteiger partial charge in [-0.25, -0.2) is 14.6 Å². The summed E-state index contributed by atoms with van der Waals surface area (Å²) in [7, 11) is 1.46. The Morgan fingerprint density at radius 1 is 0.906 bits per heavy atom. The van der Waals surface area contributed by atoms with Crippen molar-refractivity contribution >= 4 is 29.7 Å². The van der Waals surface area contributed by atoms with Crippen molar-refractivity contribution in [2.24, 2.45) is 5.10 Å². The molecule has 0 saturated heterocycles. The monoisotopic (exact) mass is 435 g/mol. The second kappa shape index (κ2) is 10.5. The number of esters is 1. The topological polar surface area (TPSA) is 106 Å². The van der Waals surface area contributed by atoms with Gasteiger partial charge in [0.2, 0.25) is 0 Å². The van der Waals surface area contributed by atoms with Gasteiger partial charge in [0.05, 0.1) is 13.3 Å². The molecular formula is C23H18FN3O5. The van der Waals surface area contributed by atoms with Gasteiger partial charge in [-0.2, -0.15) is 5.10 Å². The van der Waals surface area contributed by atoms with Crippen LogP contribution in [0, 0.1) is 5.82 Å². The minimum atomic E-state index is -0.993. The zero-order valence-corrected chi connectivity index (χ0v) is 16.9. The quantitative estimate of drug-likeness (QED) is 0.203. The summed E-state index contributed by atoms with van der Waals surface area (Å²) in [6, 6.07) is 18.0. The number of hydrogen-bond donors (Lipinski definition) is 2. The molecule has 0 atom stereocenters. The van der Waals surface area contributed by atoms with Crippen molar-refractivity contribution in [1.29, 1.82) is 0 Å². The normalized spacial score (nSPS) is 10.4. The number of para-hydroxylation sites is 1. The van der Waals surface area contributed by atoms with Crippen molar-refractivity contribution in [3.63, 3.8) is 0 Å². The Balaban J connectivity index is 1.52. The lowest BCUT2D eigenvalue weighted by molar-refractivity contribution is -0.136. The molecule has 0 heterocycles. The molecule has 3 rings (SSSR count). The third-order valence-corrected chi connectivity index (χ3v) is 4.11. The fraction of sp³-hybridized carbons (Fsp3) is 0.0435. The molecule has 0 fully saturated rings.